The lowest BCUT2D eigenvalue weighted by atomic mass is 10.1. The molecule has 8 nitrogen and oxygen atoms in total. The summed E-state index contributed by atoms with van der Waals surface area (Å²) in [6.07, 6.45) is 3.10. The average molecular weight is 485 g/mol. The van der Waals surface area contributed by atoms with Crippen LogP contribution in [0, 0.1) is 0 Å². The zero-order valence-corrected chi connectivity index (χ0v) is 21.0. The smallest absolute Gasteiger partial charge is 0.333 e. The number of carboxylic acids is 1. The Hall–Kier alpha value is -1.97. The molecular formula is C24H40N2O6S. The third-order valence-corrected chi connectivity index (χ3v) is 5.93. The van der Waals surface area contributed by atoms with Crippen molar-refractivity contribution >= 4 is 23.8 Å². The highest BCUT2D eigenvalue weighted by atomic mass is 32.2. The fourth-order valence-corrected chi connectivity index (χ4v) is 4.01. The largest absolute Gasteiger partial charge is 0.492 e. The van der Waals surface area contributed by atoms with Crippen molar-refractivity contribution in [1.29, 1.82) is 0 Å². The number of aliphatic carboxylic acids is 1. The molecule has 2 amide bonds. The summed E-state index contributed by atoms with van der Waals surface area (Å²) in [5.74, 6) is 1.71. The van der Waals surface area contributed by atoms with Gasteiger partial charge in [-0.05, 0) is 36.8 Å². The van der Waals surface area contributed by atoms with Crippen molar-refractivity contribution in [3.63, 3.8) is 0 Å². The summed E-state index contributed by atoms with van der Waals surface area (Å²) in [6.45, 7) is 6.76. The van der Waals surface area contributed by atoms with Gasteiger partial charge < -0.3 is 29.5 Å². The molecular weight excluding hydrogens is 444 g/mol. The number of benzene rings is 1. The Bertz CT molecular complexity index is 659. The molecule has 2 N–H and O–H groups in total. The summed E-state index contributed by atoms with van der Waals surface area (Å²) >= 11 is 1.87. The van der Waals surface area contributed by atoms with E-state index in [1.807, 2.05) is 36.0 Å². The fraction of sp³-hybridized carbons (Fsp3) is 0.667. The van der Waals surface area contributed by atoms with Gasteiger partial charge in [-0.3, -0.25) is 0 Å². The predicted molar refractivity (Wildman–Crippen MR) is 132 cm³/mol. The van der Waals surface area contributed by atoms with Crippen LogP contribution in [-0.4, -0.2) is 86.2 Å². The van der Waals surface area contributed by atoms with E-state index in [2.05, 4.69) is 12.2 Å². The second-order valence-corrected chi connectivity index (χ2v) is 8.73. The number of thioether (sulfide) groups is 1. The highest BCUT2D eigenvalue weighted by Gasteiger charge is 2.18. The number of ether oxygens (including phenoxy) is 3. The Morgan fingerprint density at radius 2 is 1.85 bits per heavy atom. The Morgan fingerprint density at radius 3 is 2.48 bits per heavy atom. The first kappa shape index (κ1) is 29.1. The lowest BCUT2D eigenvalue weighted by Gasteiger charge is -2.23. The fourth-order valence-electron chi connectivity index (χ4n) is 3.05. The maximum atomic E-state index is 12.5. The number of rotatable bonds is 19. The Labute approximate surface area is 202 Å². The first-order chi connectivity index (χ1) is 16.0. The molecule has 0 aliphatic heterocycles. The Balaban J connectivity index is 2.50. The van der Waals surface area contributed by atoms with E-state index < -0.39 is 12.1 Å². The molecule has 0 aliphatic rings. The molecule has 0 bridgehead atoms. The van der Waals surface area contributed by atoms with E-state index in [1.54, 1.807) is 18.9 Å². The van der Waals surface area contributed by atoms with Gasteiger partial charge in [-0.15, -0.1) is 0 Å². The van der Waals surface area contributed by atoms with Crippen molar-refractivity contribution in [2.45, 2.75) is 45.6 Å². The molecule has 0 saturated heterocycles. The number of hydrogen-bond donors (Lipinski definition) is 2. The number of amides is 2. The molecule has 33 heavy (non-hydrogen) atoms. The number of unbranched alkanes of at least 4 members (excludes halogenated alkanes) is 2. The lowest BCUT2D eigenvalue weighted by Crippen LogP contribution is -2.44. The number of urea groups is 1. The van der Waals surface area contributed by atoms with Gasteiger partial charge in [-0.2, -0.15) is 11.8 Å². The summed E-state index contributed by atoms with van der Waals surface area (Å²) in [5.41, 5.74) is 0.863. The van der Waals surface area contributed by atoms with E-state index in [9.17, 15) is 14.7 Å². The molecule has 188 valence electrons. The van der Waals surface area contributed by atoms with Crippen molar-refractivity contribution in [3.05, 3.63) is 29.8 Å². The van der Waals surface area contributed by atoms with Crippen LogP contribution in [-0.2, 0) is 20.7 Å². The van der Waals surface area contributed by atoms with Crippen LogP contribution in [0.2, 0.25) is 0 Å². The van der Waals surface area contributed by atoms with E-state index in [0.717, 1.165) is 17.1 Å². The van der Waals surface area contributed by atoms with E-state index in [-0.39, 0.29) is 6.03 Å². The van der Waals surface area contributed by atoms with Crippen LogP contribution in [0.5, 0.6) is 5.75 Å². The van der Waals surface area contributed by atoms with Gasteiger partial charge in [-0.25, -0.2) is 9.59 Å². The minimum absolute atomic E-state index is 0.115. The lowest BCUT2D eigenvalue weighted by molar-refractivity contribution is -0.149. The Kier molecular flexibility index (Phi) is 16.3. The third kappa shape index (κ3) is 13.4. The monoisotopic (exact) mass is 484 g/mol. The zero-order valence-electron chi connectivity index (χ0n) is 20.2. The third-order valence-electron chi connectivity index (χ3n) is 4.89. The number of carbonyl (C=O) groups excluding carboxylic acids is 1. The van der Waals surface area contributed by atoms with Gasteiger partial charge in [0.2, 0.25) is 0 Å². The summed E-state index contributed by atoms with van der Waals surface area (Å²) in [4.78, 5) is 25.5. The normalized spacial score (nSPS) is 11.7. The molecule has 1 aromatic rings. The van der Waals surface area contributed by atoms with Crippen LogP contribution in [0.25, 0.3) is 0 Å². The van der Waals surface area contributed by atoms with Crippen LogP contribution in [0.4, 0.5) is 4.79 Å². The molecule has 1 rings (SSSR count). The van der Waals surface area contributed by atoms with Crippen LogP contribution in [0.3, 0.4) is 0 Å². The summed E-state index contributed by atoms with van der Waals surface area (Å²) < 4.78 is 16.1. The molecule has 0 heterocycles. The highest BCUT2D eigenvalue weighted by Crippen LogP contribution is 2.15. The molecule has 0 fully saturated rings. The van der Waals surface area contributed by atoms with Gasteiger partial charge in [0.15, 0.2) is 6.10 Å². The SMILES string of the molecule is CCCCCSCCN(CCOc1ccc(CC(OCC)C(=O)O)cc1)C(=O)NCCOC. The van der Waals surface area contributed by atoms with Gasteiger partial charge in [0.05, 0.1) is 13.2 Å². The maximum absolute atomic E-state index is 12.5. The van der Waals surface area contributed by atoms with Crippen molar-refractivity contribution < 1.29 is 28.9 Å². The van der Waals surface area contributed by atoms with Crippen LogP contribution in [0.1, 0.15) is 38.7 Å². The number of nitrogens with zero attached hydrogens (tertiary/aromatic N) is 1. The number of carboxylic acid groups (broad SMARTS) is 1. The molecule has 0 saturated carbocycles. The quantitative estimate of drug-likeness (QED) is 0.289. The number of nitrogens with one attached hydrogen (secondary N) is 1. The minimum Gasteiger partial charge on any atom is -0.492 e. The maximum Gasteiger partial charge on any atom is 0.333 e. The second-order valence-electron chi connectivity index (χ2n) is 7.51. The standard InChI is InChI=1S/C24H40N2O6S/c1-4-6-7-17-33-18-14-26(24(29)25-12-15-30-3)13-16-32-21-10-8-20(9-11-21)19-22(23(27)28)31-5-2/h8-11,22H,4-7,12-19H2,1-3H3,(H,25,29)(H,27,28). The molecule has 0 radical (unpaired) electrons. The van der Waals surface area contributed by atoms with Gasteiger partial charge in [-0.1, -0.05) is 31.9 Å². The summed E-state index contributed by atoms with van der Waals surface area (Å²) in [5, 5.41) is 12.1. The van der Waals surface area contributed by atoms with Gasteiger partial charge in [0, 0.05) is 39.0 Å². The molecule has 0 aliphatic carbocycles. The van der Waals surface area contributed by atoms with Crippen LogP contribution < -0.4 is 10.1 Å². The molecule has 9 heteroatoms. The molecule has 0 spiro atoms. The molecule has 1 unspecified atom stereocenters. The molecule has 0 aromatic heterocycles. The van der Waals surface area contributed by atoms with Crippen LogP contribution >= 0.6 is 11.8 Å². The predicted octanol–water partition coefficient (Wildman–Crippen LogP) is 3.68. The number of carbonyl (C=O) groups is 2. The van der Waals surface area contributed by atoms with Gasteiger partial charge in [0.25, 0.3) is 0 Å². The number of methoxy groups -OCH3 is 1. The van der Waals surface area contributed by atoms with Gasteiger partial charge in [0.1, 0.15) is 12.4 Å². The average Bonchev–Trinajstić information content (AvgIpc) is 2.80. The Morgan fingerprint density at radius 1 is 1.09 bits per heavy atom. The van der Waals surface area contributed by atoms with Crippen molar-refractivity contribution in [3.8, 4) is 5.75 Å². The summed E-state index contributed by atoms with van der Waals surface area (Å²) in [6, 6.07) is 7.19. The number of hydrogen-bond acceptors (Lipinski definition) is 6. The van der Waals surface area contributed by atoms with Crippen LogP contribution in [0.15, 0.2) is 24.3 Å². The van der Waals surface area contributed by atoms with E-state index in [4.69, 9.17) is 14.2 Å². The van der Waals surface area contributed by atoms with E-state index >= 15 is 0 Å². The van der Waals surface area contributed by atoms with Gasteiger partial charge >= 0.3 is 12.0 Å². The first-order valence-electron chi connectivity index (χ1n) is 11.7. The van der Waals surface area contributed by atoms with Crippen molar-refractivity contribution in [2.24, 2.45) is 0 Å². The second kappa shape index (κ2) is 18.5. The molecule has 1 atom stereocenters. The van der Waals surface area contributed by atoms with E-state index in [1.165, 1.54) is 19.3 Å². The topological polar surface area (TPSA) is 97.3 Å². The molecule has 1 aromatic carbocycles. The van der Waals surface area contributed by atoms with E-state index in [0.29, 0.717) is 51.6 Å². The first-order valence-corrected chi connectivity index (χ1v) is 12.8. The zero-order chi connectivity index (χ0) is 24.3. The summed E-state index contributed by atoms with van der Waals surface area (Å²) in [7, 11) is 1.61. The highest BCUT2D eigenvalue weighted by molar-refractivity contribution is 7.99. The van der Waals surface area contributed by atoms with Crippen molar-refractivity contribution in [2.75, 3.05) is 58.1 Å². The van der Waals surface area contributed by atoms with Crippen molar-refractivity contribution in [1.82, 2.24) is 10.2 Å². The minimum atomic E-state index is -0.968.